The van der Waals surface area contributed by atoms with Crippen LogP contribution in [0.2, 0.25) is 0 Å². The van der Waals surface area contributed by atoms with Gasteiger partial charge in [-0.05, 0) is 61.4 Å². The Morgan fingerprint density at radius 1 is 1.11 bits per heavy atom. The highest BCUT2D eigenvalue weighted by Gasteiger charge is 2.25. The third-order valence-electron chi connectivity index (χ3n) is 5.67. The van der Waals surface area contributed by atoms with Crippen molar-refractivity contribution in [3.05, 3.63) is 70.9 Å². The number of carboxylic acids is 1. The van der Waals surface area contributed by atoms with Crippen LogP contribution < -0.4 is 0 Å². The summed E-state index contributed by atoms with van der Waals surface area (Å²) < 4.78 is 0. The number of aromatic carboxylic acids is 1. The fourth-order valence-corrected chi connectivity index (χ4v) is 4.08. The topological polar surface area (TPSA) is 73.4 Å². The van der Waals surface area contributed by atoms with Gasteiger partial charge in [0.15, 0.2) is 0 Å². The molecule has 4 rings (SSSR count). The Balaban J connectivity index is 1.41. The average Bonchev–Trinajstić information content (AvgIpc) is 3.11. The highest BCUT2D eigenvalue weighted by atomic mass is 16.4. The molecule has 1 aliphatic heterocycles. The van der Waals surface area contributed by atoms with Gasteiger partial charge in [-0.1, -0.05) is 30.3 Å². The fourth-order valence-electron chi connectivity index (χ4n) is 4.08. The highest BCUT2D eigenvalue weighted by molar-refractivity contribution is 5.98. The number of aromatic amines is 1. The first-order valence-electron chi connectivity index (χ1n) is 9.71. The van der Waals surface area contributed by atoms with Crippen LogP contribution >= 0.6 is 0 Å². The van der Waals surface area contributed by atoms with Crippen molar-refractivity contribution < 1.29 is 14.7 Å². The largest absolute Gasteiger partial charge is 0.478 e. The molecule has 3 aromatic rings. The molecule has 0 bridgehead atoms. The van der Waals surface area contributed by atoms with Crippen LogP contribution in [0.1, 0.15) is 44.8 Å². The number of fused-ring (bicyclic) bond motifs is 1. The summed E-state index contributed by atoms with van der Waals surface area (Å²) in [6, 6.07) is 15.3. The van der Waals surface area contributed by atoms with E-state index in [2.05, 4.69) is 11.1 Å². The number of nitrogens with one attached hydrogen (secondary N) is 1. The van der Waals surface area contributed by atoms with Crippen LogP contribution in [0.25, 0.3) is 10.9 Å². The number of hydrogen-bond acceptors (Lipinski definition) is 2. The molecule has 1 aliphatic rings. The van der Waals surface area contributed by atoms with Crippen molar-refractivity contribution in [2.75, 3.05) is 13.1 Å². The first kappa shape index (κ1) is 18.3. The van der Waals surface area contributed by atoms with E-state index in [-0.39, 0.29) is 5.91 Å². The summed E-state index contributed by atoms with van der Waals surface area (Å²) >= 11 is 0. The quantitative estimate of drug-likeness (QED) is 0.714. The Morgan fingerprint density at radius 2 is 1.86 bits per heavy atom. The number of carboxylic acid groups (broad SMARTS) is 1. The lowest BCUT2D eigenvalue weighted by atomic mass is 9.88. The third kappa shape index (κ3) is 3.65. The van der Waals surface area contributed by atoms with E-state index in [0.29, 0.717) is 30.3 Å². The number of benzene rings is 2. The number of rotatable bonds is 4. The van der Waals surface area contributed by atoms with Crippen molar-refractivity contribution in [3.63, 3.8) is 0 Å². The van der Waals surface area contributed by atoms with Gasteiger partial charge < -0.3 is 15.0 Å². The molecule has 28 heavy (non-hydrogen) atoms. The van der Waals surface area contributed by atoms with Gasteiger partial charge >= 0.3 is 5.97 Å². The van der Waals surface area contributed by atoms with Crippen molar-refractivity contribution in [1.29, 1.82) is 0 Å². The van der Waals surface area contributed by atoms with E-state index < -0.39 is 5.97 Å². The summed E-state index contributed by atoms with van der Waals surface area (Å²) in [6.07, 6.45) is 2.52. The Bertz CT molecular complexity index is 1030. The monoisotopic (exact) mass is 376 g/mol. The van der Waals surface area contributed by atoms with Crippen LogP contribution in [0.15, 0.2) is 48.5 Å². The number of amides is 1. The first-order valence-corrected chi connectivity index (χ1v) is 9.71. The minimum Gasteiger partial charge on any atom is -0.478 e. The lowest BCUT2D eigenvalue weighted by molar-refractivity contribution is 0.0685. The van der Waals surface area contributed by atoms with Gasteiger partial charge in [0.25, 0.3) is 5.91 Å². The second-order valence-electron chi connectivity index (χ2n) is 7.68. The normalized spacial score (nSPS) is 15.1. The van der Waals surface area contributed by atoms with Gasteiger partial charge in [0.2, 0.25) is 0 Å². The summed E-state index contributed by atoms with van der Waals surface area (Å²) in [5.41, 5.74) is 4.05. The van der Waals surface area contributed by atoms with Crippen LogP contribution in [0.4, 0.5) is 0 Å². The van der Waals surface area contributed by atoms with Crippen LogP contribution in [0, 0.1) is 12.8 Å². The number of carbonyl (C=O) groups is 2. The second-order valence-corrected chi connectivity index (χ2v) is 7.68. The molecule has 1 saturated heterocycles. The molecule has 1 amide bonds. The lowest BCUT2D eigenvalue weighted by Crippen LogP contribution is -2.39. The van der Waals surface area contributed by atoms with Crippen molar-refractivity contribution in [3.8, 4) is 0 Å². The molecule has 0 unspecified atom stereocenters. The number of hydrogen-bond donors (Lipinski definition) is 2. The number of nitrogens with zero attached hydrogens (tertiary/aromatic N) is 1. The molecule has 2 heterocycles. The van der Waals surface area contributed by atoms with Gasteiger partial charge in [-0.2, -0.15) is 0 Å². The summed E-state index contributed by atoms with van der Waals surface area (Å²) in [5, 5.41) is 10.4. The van der Waals surface area contributed by atoms with Gasteiger partial charge in [0.1, 0.15) is 5.69 Å². The average molecular weight is 376 g/mol. The predicted molar refractivity (Wildman–Crippen MR) is 109 cm³/mol. The zero-order valence-electron chi connectivity index (χ0n) is 15.9. The van der Waals surface area contributed by atoms with E-state index >= 15 is 0 Å². The molecule has 0 radical (unpaired) electrons. The van der Waals surface area contributed by atoms with Crippen LogP contribution in [-0.2, 0) is 6.42 Å². The maximum atomic E-state index is 12.9. The fraction of sp³-hybridized carbons (Fsp3) is 0.304. The van der Waals surface area contributed by atoms with Crippen LogP contribution in [0.3, 0.4) is 0 Å². The maximum Gasteiger partial charge on any atom is 0.335 e. The maximum absolute atomic E-state index is 12.9. The molecule has 0 saturated carbocycles. The molecular weight excluding hydrogens is 352 g/mol. The SMILES string of the molecule is Cc1ccc2cc(C(=O)N3CCC(Cc4ccccc4C(=O)O)CC3)[nH]c2c1. The van der Waals surface area contributed by atoms with Crippen molar-refractivity contribution in [1.82, 2.24) is 9.88 Å². The van der Waals surface area contributed by atoms with Gasteiger partial charge in [-0.25, -0.2) is 4.79 Å². The minimum absolute atomic E-state index is 0.0400. The summed E-state index contributed by atoms with van der Waals surface area (Å²) in [4.78, 5) is 29.4. The number of H-pyrrole nitrogens is 1. The number of piperidine rings is 1. The van der Waals surface area contributed by atoms with Crippen molar-refractivity contribution >= 4 is 22.8 Å². The smallest absolute Gasteiger partial charge is 0.335 e. The minimum atomic E-state index is -0.878. The third-order valence-corrected chi connectivity index (χ3v) is 5.67. The molecule has 5 heteroatoms. The molecule has 0 spiro atoms. The predicted octanol–water partition coefficient (Wildman–Crippen LogP) is 4.27. The van der Waals surface area contributed by atoms with Crippen LogP contribution in [0.5, 0.6) is 0 Å². The van der Waals surface area contributed by atoms with Crippen LogP contribution in [-0.4, -0.2) is 40.0 Å². The van der Waals surface area contributed by atoms with E-state index in [1.54, 1.807) is 12.1 Å². The first-order chi connectivity index (χ1) is 13.5. The van der Waals surface area contributed by atoms with E-state index in [9.17, 15) is 14.7 Å². The van der Waals surface area contributed by atoms with Gasteiger partial charge in [-0.3, -0.25) is 4.79 Å². The van der Waals surface area contributed by atoms with Gasteiger partial charge in [-0.15, -0.1) is 0 Å². The van der Waals surface area contributed by atoms with Crippen molar-refractivity contribution in [2.45, 2.75) is 26.2 Å². The molecule has 0 aliphatic carbocycles. The highest BCUT2D eigenvalue weighted by Crippen LogP contribution is 2.25. The number of aromatic nitrogens is 1. The zero-order chi connectivity index (χ0) is 19.7. The number of likely N-dealkylation sites (tertiary alicyclic amines) is 1. The van der Waals surface area contributed by atoms with Crippen molar-refractivity contribution in [2.24, 2.45) is 5.92 Å². The Morgan fingerprint density at radius 3 is 2.61 bits per heavy atom. The number of carbonyl (C=O) groups excluding carboxylic acids is 1. The molecule has 0 atom stereocenters. The molecule has 2 aromatic carbocycles. The van der Waals surface area contributed by atoms with Gasteiger partial charge in [0, 0.05) is 24.0 Å². The molecule has 1 aromatic heterocycles. The van der Waals surface area contributed by atoms with E-state index in [1.165, 1.54) is 0 Å². The summed E-state index contributed by atoms with van der Waals surface area (Å²) in [5.74, 6) is -0.439. The molecule has 1 fully saturated rings. The Hall–Kier alpha value is -3.08. The van der Waals surface area contributed by atoms with E-state index in [0.717, 1.165) is 41.3 Å². The van der Waals surface area contributed by atoms with E-state index in [4.69, 9.17) is 0 Å². The second kappa shape index (κ2) is 7.50. The summed E-state index contributed by atoms with van der Waals surface area (Å²) in [7, 11) is 0. The zero-order valence-corrected chi connectivity index (χ0v) is 15.9. The molecular formula is C23H24N2O3. The molecule has 5 nitrogen and oxygen atoms in total. The molecule has 2 N–H and O–H groups in total. The lowest BCUT2D eigenvalue weighted by Gasteiger charge is -2.32. The summed E-state index contributed by atoms with van der Waals surface area (Å²) in [6.45, 7) is 3.44. The Kier molecular flexibility index (Phi) is 4.90. The Labute approximate surface area is 164 Å². The number of aryl methyl sites for hydroxylation is 1. The molecule has 144 valence electrons. The van der Waals surface area contributed by atoms with E-state index in [1.807, 2.05) is 42.2 Å². The van der Waals surface area contributed by atoms with Gasteiger partial charge in [0.05, 0.1) is 5.56 Å². The standard InChI is InChI=1S/C23H24N2O3/c1-15-6-7-18-14-21(24-20(18)12-15)22(26)25-10-8-16(9-11-25)13-17-4-2-3-5-19(17)23(27)28/h2-7,12,14,16,24H,8-11,13H2,1H3,(H,27,28).